The van der Waals surface area contributed by atoms with Crippen LogP contribution in [0.5, 0.6) is 0 Å². The number of halogens is 1. The summed E-state index contributed by atoms with van der Waals surface area (Å²) >= 11 is 3.58. The van der Waals surface area contributed by atoms with Crippen molar-refractivity contribution < 1.29 is 0 Å². The molecule has 1 aliphatic heterocycles. The molecule has 2 N–H and O–H groups in total. The highest BCUT2D eigenvalue weighted by molar-refractivity contribution is 9.10. The van der Waals surface area contributed by atoms with Gasteiger partial charge in [-0.05, 0) is 61.4 Å². The summed E-state index contributed by atoms with van der Waals surface area (Å²) in [5, 5.41) is 0. The molecule has 1 fully saturated rings. The summed E-state index contributed by atoms with van der Waals surface area (Å²) in [5.74, 6) is 0.879. The van der Waals surface area contributed by atoms with Crippen LogP contribution in [0.2, 0.25) is 0 Å². The number of hydrogen-bond acceptors (Lipinski definition) is 2. The Bertz CT molecular complexity index is 488. The molecule has 0 bridgehead atoms. The van der Waals surface area contributed by atoms with Crippen LogP contribution in [-0.2, 0) is 12.8 Å². The summed E-state index contributed by atoms with van der Waals surface area (Å²) in [5.41, 5.74) is 9.47. The minimum atomic E-state index is 0.213. The first kappa shape index (κ1) is 14.6. The quantitative estimate of drug-likeness (QED) is 0.916. The van der Waals surface area contributed by atoms with Crippen molar-refractivity contribution in [3.63, 3.8) is 0 Å². The van der Waals surface area contributed by atoms with Gasteiger partial charge in [0.2, 0.25) is 0 Å². The average Bonchev–Trinajstić information content (AvgIpc) is 2.96. The highest BCUT2D eigenvalue weighted by Gasteiger charge is 2.41. The molecule has 0 spiro atoms. The van der Waals surface area contributed by atoms with Crippen LogP contribution in [-0.4, -0.2) is 30.1 Å². The van der Waals surface area contributed by atoms with Crippen LogP contribution in [0, 0.1) is 5.92 Å². The van der Waals surface area contributed by atoms with Crippen molar-refractivity contribution in [3.8, 4) is 0 Å². The molecule has 1 saturated heterocycles. The molecule has 1 aromatic rings. The van der Waals surface area contributed by atoms with Gasteiger partial charge in [-0.2, -0.15) is 0 Å². The van der Waals surface area contributed by atoms with Crippen molar-refractivity contribution in [3.05, 3.63) is 33.8 Å². The molecule has 20 heavy (non-hydrogen) atoms. The maximum Gasteiger partial charge on any atom is 0.0375 e. The summed E-state index contributed by atoms with van der Waals surface area (Å²) < 4.78 is 1.20. The van der Waals surface area contributed by atoms with E-state index in [-0.39, 0.29) is 5.54 Å². The van der Waals surface area contributed by atoms with Crippen molar-refractivity contribution in [2.24, 2.45) is 11.7 Å². The molecule has 2 unspecified atom stereocenters. The van der Waals surface area contributed by atoms with E-state index in [9.17, 15) is 0 Å². The molecule has 3 heteroatoms. The maximum absolute atomic E-state index is 6.24. The van der Waals surface area contributed by atoms with Gasteiger partial charge in [0.25, 0.3) is 0 Å². The Morgan fingerprint density at radius 2 is 2.25 bits per heavy atom. The van der Waals surface area contributed by atoms with Gasteiger partial charge in [-0.1, -0.05) is 35.3 Å². The van der Waals surface area contributed by atoms with Gasteiger partial charge in [-0.25, -0.2) is 0 Å². The number of rotatable bonds is 3. The number of hydrogen-bond donors (Lipinski definition) is 1. The van der Waals surface area contributed by atoms with Gasteiger partial charge in [-0.15, -0.1) is 0 Å². The van der Waals surface area contributed by atoms with Gasteiger partial charge >= 0.3 is 0 Å². The molecule has 0 radical (unpaired) electrons. The molecule has 2 nitrogen and oxygen atoms in total. The Morgan fingerprint density at radius 3 is 2.95 bits per heavy atom. The van der Waals surface area contributed by atoms with Gasteiger partial charge in [-0.3, -0.25) is 4.90 Å². The minimum absolute atomic E-state index is 0.213. The summed E-state index contributed by atoms with van der Waals surface area (Å²) in [4.78, 5) is 2.70. The molecule has 2 atom stereocenters. The third-order valence-corrected chi connectivity index (χ3v) is 5.95. The summed E-state index contributed by atoms with van der Waals surface area (Å²) in [7, 11) is 0. The molecule has 1 heterocycles. The molecule has 1 aliphatic carbocycles. The molecule has 110 valence electrons. The van der Waals surface area contributed by atoms with E-state index in [0.29, 0.717) is 0 Å². The molecule has 0 amide bonds. The van der Waals surface area contributed by atoms with Crippen molar-refractivity contribution >= 4 is 15.9 Å². The van der Waals surface area contributed by atoms with Gasteiger partial charge in [0.15, 0.2) is 0 Å². The number of nitrogens with two attached hydrogens (primary N) is 1. The van der Waals surface area contributed by atoms with Crippen molar-refractivity contribution in [1.82, 2.24) is 4.90 Å². The van der Waals surface area contributed by atoms with Gasteiger partial charge in [0, 0.05) is 23.1 Å². The van der Waals surface area contributed by atoms with E-state index in [2.05, 4.69) is 46.0 Å². The first-order valence-electron chi connectivity index (χ1n) is 7.89. The first-order valence-corrected chi connectivity index (χ1v) is 8.68. The van der Waals surface area contributed by atoms with Gasteiger partial charge < -0.3 is 5.73 Å². The summed E-state index contributed by atoms with van der Waals surface area (Å²) in [6, 6.07) is 6.75. The van der Waals surface area contributed by atoms with Crippen molar-refractivity contribution in [1.29, 1.82) is 0 Å². The summed E-state index contributed by atoms with van der Waals surface area (Å²) in [6.45, 7) is 5.59. The van der Waals surface area contributed by atoms with Crippen LogP contribution >= 0.6 is 15.9 Å². The Hall–Kier alpha value is -0.380. The Morgan fingerprint density at radius 1 is 1.40 bits per heavy atom. The van der Waals surface area contributed by atoms with Crippen molar-refractivity contribution in [2.75, 3.05) is 19.6 Å². The fraction of sp³-hybridized carbons (Fsp3) is 0.647. The average molecular weight is 337 g/mol. The maximum atomic E-state index is 6.24. The number of aryl methyl sites for hydroxylation is 1. The van der Waals surface area contributed by atoms with Crippen LogP contribution in [0.3, 0.4) is 0 Å². The predicted octanol–water partition coefficient (Wildman–Crippen LogP) is 3.37. The fourth-order valence-electron chi connectivity index (χ4n) is 3.98. The second-order valence-electron chi connectivity index (χ2n) is 6.53. The second kappa shape index (κ2) is 5.78. The van der Waals surface area contributed by atoms with E-state index in [1.165, 1.54) is 54.4 Å². The second-order valence-corrected chi connectivity index (χ2v) is 7.44. The zero-order valence-corrected chi connectivity index (χ0v) is 14.0. The van der Waals surface area contributed by atoms with E-state index >= 15 is 0 Å². The van der Waals surface area contributed by atoms with Gasteiger partial charge in [0.1, 0.15) is 0 Å². The predicted molar refractivity (Wildman–Crippen MR) is 87.9 cm³/mol. The highest BCUT2D eigenvalue weighted by Crippen LogP contribution is 2.37. The van der Waals surface area contributed by atoms with Crippen LogP contribution in [0.25, 0.3) is 0 Å². The van der Waals surface area contributed by atoms with E-state index < -0.39 is 0 Å². The zero-order chi connectivity index (χ0) is 14.2. The van der Waals surface area contributed by atoms with Crippen LogP contribution in [0.1, 0.15) is 37.3 Å². The molecular formula is C17H25BrN2. The smallest absolute Gasteiger partial charge is 0.0375 e. The lowest BCUT2D eigenvalue weighted by Crippen LogP contribution is -2.56. The first-order chi connectivity index (χ1) is 9.66. The molecule has 0 aromatic heterocycles. The standard InChI is InChI=1S/C17H25BrN2/c1-2-13-6-8-20(11-13)17(12-19)7-5-14-9-16(18)4-3-15(14)10-17/h3-4,9,13H,2,5-8,10-12,19H2,1H3. The fourth-order valence-corrected chi connectivity index (χ4v) is 4.39. The van der Waals surface area contributed by atoms with E-state index in [1.807, 2.05) is 0 Å². The Kier molecular flexibility index (Phi) is 4.21. The molecule has 3 rings (SSSR count). The van der Waals surface area contributed by atoms with E-state index in [0.717, 1.165) is 18.9 Å². The zero-order valence-electron chi connectivity index (χ0n) is 12.4. The molecule has 0 saturated carbocycles. The lowest BCUT2D eigenvalue weighted by Gasteiger charge is -2.45. The lowest BCUT2D eigenvalue weighted by atomic mass is 9.77. The number of likely N-dealkylation sites (tertiary alicyclic amines) is 1. The SMILES string of the molecule is CCC1CCN(C2(CN)CCc3cc(Br)ccc3C2)C1. The lowest BCUT2D eigenvalue weighted by molar-refractivity contribution is 0.102. The highest BCUT2D eigenvalue weighted by atomic mass is 79.9. The number of fused-ring (bicyclic) bond motifs is 1. The third-order valence-electron chi connectivity index (χ3n) is 5.46. The van der Waals surface area contributed by atoms with Crippen LogP contribution in [0.4, 0.5) is 0 Å². The largest absolute Gasteiger partial charge is 0.329 e. The van der Waals surface area contributed by atoms with Crippen LogP contribution in [0.15, 0.2) is 22.7 Å². The van der Waals surface area contributed by atoms with Crippen molar-refractivity contribution in [2.45, 2.75) is 44.6 Å². The normalized spacial score (nSPS) is 30.4. The molecular weight excluding hydrogens is 312 g/mol. The minimum Gasteiger partial charge on any atom is -0.329 e. The number of nitrogens with zero attached hydrogens (tertiary/aromatic N) is 1. The molecule has 2 aliphatic rings. The topological polar surface area (TPSA) is 29.3 Å². The van der Waals surface area contributed by atoms with Crippen LogP contribution < -0.4 is 5.73 Å². The monoisotopic (exact) mass is 336 g/mol. The van der Waals surface area contributed by atoms with E-state index in [1.54, 1.807) is 0 Å². The number of benzene rings is 1. The Balaban J connectivity index is 1.83. The van der Waals surface area contributed by atoms with E-state index in [4.69, 9.17) is 5.73 Å². The summed E-state index contributed by atoms with van der Waals surface area (Å²) in [6.07, 6.45) is 6.16. The molecule has 1 aromatic carbocycles. The Labute approximate surface area is 130 Å². The van der Waals surface area contributed by atoms with Gasteiger partial charge in [0.05, 0.1) is 0 Å². The third kappa shape index (κ3) is 2.56.